The first-order valence-electron chi connectivity index (χ1n) is 8.75. The molecule has 3 aromatic rings. The molecule has 1 unspecified atom stereocenters. The predicted molar refractivity (Wildman–Crippen MR) is 103 cm³/mol. The zero-order valence-corrected chi connectivity index (χ0v) is 15.6. The lowest BCUT2D eigenvalue weighted by Gasteiger charge is -2.20. The molecule has 1 aliphatic rings. The van der Waals surface area contributed by atoms with Crippen molar-refractivity contribution in [2.45, 2.75) is 18.9 Å². The zero-order valence-electron chi connectivity index (χ0n) is 15.6. The van der Waals surface area contributed by atoms with Gasteiger partial charge in [-0.25, -0.2) is 0 Å². The average molecular weight is 352 g/mol. The van der Waals surface area contributed by atoms with Gasteiger partial charge in [-0.05, 0) is 59.2 Å². The summed E-state index contributed by atoms with van der Waals surface area (Å²) in [6.45, 7) is 0. The van der Waals surface area contributed by atoms with Gasteiger partial charge in [0.1, 0.15) is 0 Å². The van der Waals surface area contributed by atoms with Crippen molar-refractivity contribution in [2.75, 3.05) is 21.3 Å². The molecule has 2 N–H and O–H groups in total. The van der Waals surface area contributed by atoms with Crippen LogP contribution >= 0.6 is 0 Å². The van der Waals surface area contributed by atoms with E-state index >= 15 is 0 Å². The quantitative estimate of drug-likeness (QED) is 0.778. The molecule has 5 heteroatoms. The summed E-state index contributed by atoms with van der Waals surface area (Å²) in [5, 5.41) is 1.20. The van der Waals surface area contributed by atoms with Gasteiger partial charge in [-0.2, -0.15) is 0 Å². The molecule has 136 valence electrons. The highest BCUT2D eigenvalue weighted by atomic mass is 16.5. The lowest BCUT2D eigenvalue weighted by Crippen LogP contribution is -2.10. The number of aromatic nitrogens is 1. The van der Waals surface area contributed by atoms with Gasteiger partial charge in [-0.1, -0.05) is 0 Å². The van der Waals surface area contributed by atoms with E-state index in [4.69, 9.17) is 19.9 Å². The van der Waals surface area contributed by atoms with Crippen LogP contribution in [0.1, 0.15) is 23.6 Å². The molecule has 1 heterocycles. The first kappa shape index (κ1) is 16.8. The Hall–Kier alpha value is -2.66. The summed E-state index contributed by atoms with van der Waals surface area (Å²) in [6, 6.07) is 8.57. The maximum absolute atomic E-state index is 6.55. The van der Waals surface area contributed by atoms with Crippen molar-refractivity contribution in [3.05, 3.63) is 41.6 Å². The number of nitrogens with zero attached hydrogens (tertiary/aromatic N) is 1. The summed E-state index contributed by atoms with van der Waals surface area (Å²) >= 11 is 0. The third kappa shape index (κ3) is 2.35. The van der Waals surface area contributed by atoms with E-state index in [1.165, 1.54) is 16.5 Å². The van der Waals surface area contributed by atoms with E-state index in [0.717, 1.165) is 29.5 Å². The van der Waals surface area contributed by atoms with E-state index in [2.05, 4.69) is 36.0 Å². The maximum atomic E-state index is 6.55. The van der Waals surface area contributed by atoms with Crippen LogP contribution in [0.25, 0.3) is 22.0 Å². The van der Waals surface area contributed by atoms with Crippen molar-refractivity contribution in [1.82, 2.24) is 4.57 Å². The average Bonchev–Trinajstić information content (AvgIpc) is 2.96. The molecule has 0 aliphatic heterocycles. The van der Waals surface area contributed by atoms with Crippen LogP contribution < -0.4 is 19.9 Å². The number of hydrogen-bond acceptors (Lipinski definition) is 4. The van der Waals surface area contributed by atoms with E-state index in [-0.39, 0.29) is 6.04 Å². The van der Waals surface area contributed by atoms with Crippen LogP contribution in [0.5, 0.6) is 17.2 Å². The Balaban J connectivity index is 2.11. The molecule has 2 aromatic carbocycles. The van der Waals surface area contributed by atoms with E-state index in [1.807, 2.05) is 6.07 Å². The molecular weight excluding hydrogens is 328 g/mol. The summed E-state index contributed by atoms with van der Waals surface area (Å²) < 4.78 is 19.1. The number of fused-ring (bicyclic) bond motifs is 4. The number of ether oxygens (including phenoxy) is 3. The fraction of sp³-hybridized carbons (Fsp3) is 0.333. The Morgan fingerprint density at radius 3 is 2.50 bits per heavy atom. The van der Waals surface area contributed by atoms with Crippen molar-refractivity contribution >= 4 is 10.9 Å². The van der Waals surface area contributed by atoms with Crippen LogP contribution in [0.4, 0.5) is 0 Å². The highest BCUT2D eigenvalue weighted by Crippen LogP contribution is 2.50. The highest BCUT2D eigenvalue weighted by Gasteiger charge is 2.28. The number of benzene rings is 2. The summed E-state index contributed by atoms with van der Waals surface area (Å²) in [5.41, 5.74) is 12.2. The number of aryl methyl sites for hydroxylation is 2. The second-order valence-electron chi connectivity index (χ2n) is 6.75. The van der Waals surface area contributed by atoms with Crippen molar-refractivity contribution < 1.29 is 14.2 Å². The fourth-order valence-corrected chi connectivity index (χ4v) is 4.02. The largest absolute Gasteiger partial charge is 0.493 e. The Morgan fingerprint density at radius 1 is 1.04 bits per heavy atom. The van der Waals surface area contributed by atoms with E-state index in [1.54, 1.807) is 21.3 Å². The minimum absolute atomic E-state index is 0.0243. The van der Waals surface area contributed by atoms with Gasteiger partial charge in [-0.3, -0.25) is 0 Å². The smallest absolute Gasteiger partial charge is 0.203 e. The first-order valence-corrected chi connectivity index (χ1v) is 8.75. The normalized spacial score (nSPS) is 16.0. The Bertz CT molecular complexity index is 991. The molecule has 0 bridgehead atoms. The molecule has 1 aromatic heterocycles. The highest BCUT2D eigenvalue weighted by molar-refractivity contribution is 5.91. The summed E-state index contributed by atoms with van der Waals surface area (Å²) in [6.07, 6.45) is 3.80. The van der Waals surface area contributed by atoms with Crippen LogP contribution in [0, 0.1) is 0 Å². The number of rotatable bonds is 3. The van der Waals surface area contributed by atoms with Crippen molar-refractivity contribution in [2.24, 2.45) is 12.8 Å². The summed E-state index contributed by atoms with van der Waals surface area (Å²) in [5.74, 6) is 1.99. The predicted octanol–water partition coefficient (Wildman–Crippen LogP) is 3.82. The summed E-state index contributed by atoms with van der Waals surface area (Å²) in [4.78, 5) is 0. The standard InChI is InChI=1S/C21H24N2O3/c1-23-8-7-12-9-14-15(11-17(12)23)19-13(5-6-16(14)22)10-18(24-2)20(25-3)21(19)26-4/h7-11,16H,5-6,22H2,1-4H3. The summed E-state index contributed by atoms with van der Waals surface area (Å²) in [7, 11) is 7.01. The molecule has 26 heavy (non-hydrogen) atoms. The van der Waals surface area contributed by atoms with Gasteiger partial charge in [0.2, 0.25) is 5.75 Å². The SMILES string of the molecule is COc1cc2c(c(OC)c1OC)-c1cc3c(ccn3C)cc1C(N)CC2. The van der Waals surface area contributed by atoms with Gasteiger partial charge in [0, 0.05) is 30.4 Å². The minimum Gasteiger partial charge on any atom is -0.493 e. The zero-order chi connectivity index (χ0) is 18.4. The lowest BCUT2D eigenvalue weighted by molar-refractivity contribution is 0.324. The molecular formula is C21H24N2O3. The van der Waals surface area contributed by atoms with Crippen LogP contribution in [-0.2, 0) is 13.5 Å². The minimum atomic E-state index is -0.0243. The van der Waals surface area contributed by atoms with E-state index in [9.17, 15) is 0 Å². The first-order chi connectivity index (χ1) is 12.6. The lowest BCUT2D eigenvalue weighted by atomic mass is 9.93. The van der Waals surface area contributed by atoms with Gasteiger partial charge in [-0.15, -0.1) is 0 Å². The Labute approximate surface area is 153 Å². The number of methoxy groups -OCH3 is 3. The van der Waals surface area contributed by atoms with Gasteiger partial charge in [0.25, 0.3) is 0 Å². The van der Waals surface area contributed by atoms with Gasteiger partial charge in [0.15, 0.2) is 11.5 Å². The second kappa shape index (κ2) is 6.25. The Kier molecular flexibility index (Phi) is 4.04. The molecule has 0 amide bonds. The Morgan fingerprint density at radius 2 is 1.81 bits per heavy atom. The van der Waals surface area contributed by atoms with E-state index < -0.39 is 0 Å². The number of hydrogen-bond donors (Lipinski definition) is 1. The fourth-order valence-electron chi connectivity index (χ4n) is 4.02. The third-order valence-corrected chi connectivity index (χ3v) is 5.36. The van der Waals surface area contributed by atoms with Gasteiger partial charge < -0.3 is 24.5 Å². The van der Waals surface area contributed by atoms with Gasteiger partial charge in [0.05, 0.1) is 21.3 Å². The molecule has 0 saturated heterocycles. The molecule has 0 spiro atoms. The van der Waals surface area contributed by atoms with Gasteiger partial charge >= 0.3 is 0 Å². The topological polar surface area (TPSA) is 58.6 Å². The van der Waals surface area contributed by atoms with Crippen LogP contribution in [0.3, 0.4) is 0 Å². The maximum Gasteiger partial charge on any atom is 0.203 e. The molecule has 1 atom stereocenters. The third-order valence-electron chi connectivity index (χ3n) is 5.36. The van der Waals surface area contributed by atoms with Crippen molar-refractivity contribution in [3.8, 4) is 28.4 Å². The molecule has 0 fully saturated rings. The monoisotopic (exact) mass is 352 g/mol. The molecule has 1 aliphatic carbocycles. The molecule has 0 saturated carbocycles. The number of nitrogens with two attached hydrogens (primary N) is 1. The van der Waals surface area contributed by atoms with Crippen molar-refractivity contribution in [1.29, 1.82) is 0 Å². The van der Waals surface area contributed by atoms with Crippen molar-refractivity contribution in [3.63, 3.8) is 0 Å². The molecule has 4 rings (SSSR count). The van der Waals surface area contributed by atoms with Crippen LogP contribution in [-0.4, -0.2) is 25.9 Å². The molecule has 5 nitrogen and oxygen atoms in total. The second-order valence-corrected chi connectivity index (χ2v) is 6.75. The van der Waals surface area contributed by atoms with Crippen LogP contribution in [0.15, 0.2) is 30.5 Å². The van der Waals surface area contributed by atoms with Crippen LogP contribution in [0.2, 0.25) is 0 Å². The van der Waals surface area contributed by atoms with E-state index in [0.29, 0.717) is 17.2 Å². The molecule has 0 radical (unpaired) electrons.